The van der Waals surface area contributed by atoms with Gasteiger partial charge in [-0.3, -0.25) is 4.79 Å². The molecule has 0 spiro atoms. The maximum absolute atomic E-state index is 12.4. The summed E-state index contributed by atoms with van der Waals surface area (Å²) >= 11 is 0. The van der Waals surface area contributed by atoms with Gasteiger partial charge in [0, 0.05) is 0 Å². The number of rotatable bonds is 4. The number of carbonyl (C=O) groups excluding carboxylic acids is 1. The molecule has 1 heterocycles. The number of hydrogen-bond donors (Lipinski definition) is 3. The van der Waals surface area contributed by atoms with Crippen molar-refractivity contribution in [3.8, 4) is 5.75 Å². The van der Waals surface area contributed by atoms with Gasteiger partial charge in [0.25, 0.3) is 0 Å². The van der Waals surface area contributed by atoms with E-state index < -0.39 is 5.54 Å². The molecule has 98 valence electrons. The number of phenols is 1. The van der Waals surface area contributed by atoms with Crippen LogP contribution >= 0.6 is 0 Å². The molecule has 2 rings (SSSR count). The standard InChI is InChI=1S/C14H20N2O2/c1-2-8-14(9-5-10-15-14)13(18)16-11-6-3-4-7-12(11)17/h3-4,6-7,15,17H,2,5,8-10H2,1H3,(H,16,18). The molecule has 0 aliphatic carbocycles. The van der Waals surface area contributed by atoms with Crippen molar-refractivity contribution in [2.24, 2.45) is 0 Å². The van der Waals surface area contributed by atoms with Crippen LogP contribution in [-0.4, -0.2) is 23.1 Å². The number of aromatic hydroxyl groups is 1. The summed E-state index contributed by atoms with van der Waals surface area (Å²) in [7, 11) is 0. The molecule has 0 radical (unpaired) electrons. The van der Waals surface area contributed by atoms with Gasteiger partial charge >= 0.3 is 0 Å². The van der Waals surface area contributed by atoms with E-state index in [2.05, 4.69) is 17.6 Å². The van der Waals surface area contributed by atoms with Crippen LogP contribution in [0.5, 0.6) is 5.75 Å². The molecular weight excluding hydrogens is 228 g/mol. The summed E-state index contributed by atoms with van der Waals surface area (Å²) in [6, 6.07) is 6.82. The van der Waals surface area contributed by atoms with Crippen LogP contribution in [-0.2, 0) is 4.79 Å². The monoisotopic (exact) mass is 248 g/mol. The molecule has 0 aromatic heterocycles. The molecule has 1 fully saturated rings. The van der Waals surface area contributed by atoms with Crippen molar-refractivity contribution < 1.29 is 9.90 Å². The lowest BCUT2D eigenvalue weighted by atomic mass is 9.90. The minimum absolute atomic E-state index is 0.0386. The third-order valence-electron chi connectivity index (χ3n) is 3.51. The highest BCUT2D eigenvalue weighted by Gasteiger charge is 2.40. The van der Waals surface area contributed by atoms with Crippen LogP contribution in [0.4, 0.5) is 5.69 Å². The maximum atomic E-state index is 12.4. The number of nitrogens with one attached hydrogen (secondary N) is 2. The number of anilines is 1. The minimum Gasteiger partial charge on any atom is -0.506 e. The average Bonchev–Trinajstić information content (AvgIpc) is 2.82. The third-order valence-corrected chi connectivity index (χ3v) is 3.51. The topological polar surface area (TPSA) is 61.4 Å². The van der Waals surface area contributed by atoms with Gasteiger partial charge < -0.3 is 15.7 Å². The maximum Gasteiger partial charge on any atom is 0.244 e. The fourth-order valence-corrected chi connectivity index (χ4v) is 2.58. The summed E-state index contributed by atoms with van der Waals surface area (Å²) in [4.78, 5) is 12.4. The van der Waals surface area contributed by atoms with E-state index in [0.717, 1.165) is 32.2 Å². The molecule has 4 heteroatoms. The first-order valence-corrected chi connectivity index (χ1v) is 6.52. The quantitative estimate of drug-likeness (QED) is 0.716. The molecule has 3 N–H and O–H groups in total. The summed E-state index contributed by atoms with van der Waals surface area (Å²) in [6.07, 6.45) is 3.67. The third kappa shape index (κ3) is 2.48. The predicted molar refractivity (Wildman–Crippen MR) is 71.6 cm³/mol. The lowest BCUT2D eigenvalue weighted by molar-refractivity contribution is -0.122. The Morgan fingerprint density at radius 2 is 2.28 bits per heavy atom. The first-order valence-electron chi connectivity index (χ1n) is 6.52. The fraction of sp³-hybridized carbons (Fsp3) is 0.500. The smallest absolute Gasteiger partial charge is 0.244 e. The zero-order chi connectivity index (χ0) is 13.0. The summed E-state index contributed by atoms with van der Waals surface area (Å²) in [5.74, 6) is 0.0684. The Labute approximate surface area is 107 Å². The normalized spacial score (nSPS) is 22.9. The van der Waals surface area contributed by atoms with E-state index in [1.165, 1.54) is 0 Å². The predicted octanol–water partition coefficient (Wildman–Crippen LogP) is 2.25. The summed E-state index contributed by atoms with van der Waals surface area (Å²) < 4.78 is 0. The summed E-state index contributed by atoms with van der Waals surface area (Å²) in [5, 5.41) is 15.8. The SMILES string of the molecule is CCCC1(C(=O)Nc2ccccc2O)CCCN1. The highest BCUT2D eigenvalue weighted by Crippen LogP contribution is 2.28. The molecule has 1 aliphatic rings. The fourth-order valence-electron chi connectivity index (χ4n) is 2.58. The van der Waals surface area contributed by atoms with Crippen molar-refractivity contribution >= 4 is 11.6 Å². The second-order valence-corrected chi connectivity index (χ2v) is 4.83. The molecule has 0 bridgehead atoms. The van der Waals surface area contributed by atoms with E-state index >= 15 is 0 Å². The van der Waals surface area contributed by atoms with E-state index in [1.807, 2.05) is 0 Å². The molecule has 18 heavy (non-hydrogen) atoms. The number of para-hydroxylation sites is 2. The highest BCUT2D eigenvalue weighted by molar-refractivity contribution is 5.99. The average molecular weight is 248 g/mol. The van der Waals surface area contributed by atoms with Gasteiger partial charge in [0.15, 0.2) is 0 Å². The van der Waals surface area contributed by atoms with Crippen LogP contribution in [0.25, 0.3) is 0 Å². The molecule has 1 unspecified atom stereocenters. The van der Waals surface area contributed by atoms with Gasteiger partial charge in [-0.05, 0) is 37.9 Å². The van der Waals surface area contributed by atoms with E-state index in [9.17, 15) is 9.90 Å². The number of benzene rings is 1. The van der Waals surface area contributed by atoms with Crippen molar-refractivity contribution in [2.45, 2.75) is 38.1 Å². The molecule has 1 aliphatic heterocycles. The molecule has 0 saturated carbocycles. The van der Waals surface area contributed by atoms with Crippen LogP contribution in [0.3, 0.4) is 0 Å². The largest absolute Gasteiger partial charge is 0.506 e. The van der Waals surface area contributed by atoms with Crippen molar-refractivity contribution in [2.75, 3.05) is 11.9 Å². The van der Waals surface area contributed by atoms with Gasteiger partial charge in [-0.15, -0.1) is 0 Å². The number of phenolic OH excluding ortho intramolecular Hbond substituents is 1. The Balaban J connectivity index is 2.13. The second-order valence-electron chi connectivity index (χ2n) is 4.83. The van der Waals surface area contributed by atoms with Crippen LogP contribution in [0, 0.1) is 0 Å². The summed E-state index contributed by atoms with van der Waals surface area (Å²) in [5.41, 5.74) is 0.0171. The van der Waals surface area contributed by atoms with Crippen molar-refractivity contribution in [1.29, 1.82) is 0 Å². The van der Waals surface area contributed by atoms with Gasteiger partial charge in [0.2, 0.25) is 5.91 Å². The Hall–Kier alpha value is -1.55. The second kappa shape index (κ2) is 5.40. The molecule has 4 nitrogen and oxygen atoms in total. The molecule has 1 atom stereocenters. The molecule has 1 amide bonds. The van der Waals surface area contributed by atoms with Crippen molar-refractivity contribution in [1.82, 2.24) is 5.32 Å². The Bertz CT molecular complexity index is 426. The van der Waals surface area contributed by atoms with Gasteiger partial charge in [-0.1, -0.05) is 25.5 Å². The van der Waals surface area contributed by atoms with Gasteiger partial charge in [-0.2, -0.15) is 0 Å². The Kier molecular flexibility index (Phi) is 3.87. The number of carbonyl (C=O) groups is 1. The van der Waals surface area contributed by atoms with E-state index in [0.29, 0.717) is 5.69 Å². The Morgan fingerprint density at radius 1 is 1.50 bits per heavy atom. The summed E-state index contributed by atoms with van der Waals surface area (Å²) in [6.45, 7) is 2.96. The van der Waals surface area contributed by atoms with Crippen LogP contribution in [0.15, 0.2) is 24.3 Å². The minimum atomic E-state index is -0.461. The zero-order valence-corrected chi connectivity index (χ0v) is 10.7. The molecule has 1 aromatic rings. The van der Waals surface area contributed by atoms with E-state index in [-0.39, 0.29) is 11.7 Å². The molecule has 1 saturated heterocycles. The van der Waals surface area contributed by atoms with Gasteiger partial charge in [-0.25, -0.2) is 0 Å². The first kappa shape index (κ1) is 12.9. The van der Waals surface area contributed by atoms with Crippen molar-refractivity contribution in [3.05, 3.63) is 24.3 Å². The lowest BCUT2D eigenvalue weighted by Crippen LogP contribution is -2.50. The van der Waals surface area contributed by atoms with Gasteiger partial charge in [0.1, 0.15) is 5.75 Å². The lowest BCUT2D eigenvalue weighted by Gasteiger charge is -2.28. The first-order chi connectivity index (χ1) is 8.68. The highest BCUT2D eigenvalue weighted by atomic mass is 16.3. The van der Waals surface area contributed by atoms with E-state index in [1.54, 1.807) is 24.3 Å². The van der Waals surface area contributed by atoms with Gasteiger partial charge in [0.05, 0.1) is 11.2 Å². The van der Waals surface area contributed by atoms with Crippen LogP contribution < -0.4 is 10.6 Å². The zero-order valence-electron chi connectivity index (χ0n) is 10.7. The van der Waals surface area contributed by atoms with Crippen LogP contribution in [0.1, 0.15) is 32.6 Å². The molecular formula is C14H20N2O2. The number of amides is 1. The Morgan fingerprint density at radius 3 is 2.89 bits per heavy atom. The molecule has 1 aromatic carbocycles. The van der Waals surface area contributed by atoms with Crippen LogP contribution in [0.2, 0.25) is 0 Å². The van der Waals surface area contributed by atoms with Crippen molar-refractivity contribution in [3.63, 3.8) is 0 Å². The van der Waals surface area contributed by atoms with E-state index in [4.69, 9.17) is 0 Å². The number of hydrogen-bond acceptors (Lipinski definition) is 3.